The van der Waals surface area contributed by atoms with Crippen LogP contribution < -0.4 is 5.30 Å². The third-order valence-corrected chi connectivity index (χ3v) is 9.67. The van der Waals surface area contributed by atoms with Crippen LogP contribution in [0, 0.1) is 6.92 Å². The van der Waals surface area contributed by atoms with Crippen LogP contribution in [0.3, 0.4) is 0 Å². The summed E-state index contributed by atoms with van der Waals surface area (Å²) in [6, 6.07) is 54.6. The van der Waals surface area contributed by atoms with Crippen LogP contribution in [0.15, 0.2) is 156 Å². The number of para-hydroxylation sites is 3. The highest BCUT2D eigenvalue weighted by atomic mass is 31.0. The van der Waals surface area contributed by atoms with Gasteiger partial charge in [0.1, 0.15) is 11.2 Å². The lowest BCUT2D eigenvalue weighted by Gasteiger charge is -2.12. The van der Waals surface area contributed by atoms with Gasteiger partial charge in [-0.3, -0.25) is 0 Å². The van der Waals surface area contributed by atoms with Crippen molar-refractivity contribution in [1.29, 1.82) is 0 Å². The molecule has 218 valence electrons. The Bertz CT molecular complexity index is 2570. The number of nitrogens with zero attached hydrogens (tertiary/aromatic N) is 1. The summed E-state index contributed by atoms with van der Waals surface area (Å²) in [5.74, 6) is 0. The Morgan fingerprint density at radius 3 is 1.85 bits per heavy atom. The van der Waals surface area contributed by atoms with Crippen LogP contribution in [-0.4, -0.2) is 4.57 Å². The molecule has 0 spiro atoms. The molecule has 0 aliphatic carbocycles. The largest absolute Gasteiger partial charge is 0.455 e. The molecule has 0 fully saturated rings. The van der Waals surface area contributed by atoms with Gasteiger partial charge in [-0.15, -0.1) is 9.24 Å². The number of aryl methyl sites for hydroxylation is 1. The van der Waals surface area contributed by atoms with Crippen LogP contribution in [0.5, 0.6) is 0 Å². The van der Waals surface area contributed by atoms with Crippen molar-refractivity contribution in [3.8, 4) is 39.1 Å². The number of aromatic nitrogens is 1. The van der Waals surface area contributed by atoms with E-state index in [1.54, 1.807) is 0 Å². The molecule has 7 aromatic carbocycles. The lowest BCUT2D eigenvalue weighted by molar-refractivity contribution is 0.670. The smallest absolute Gasteiger partial charge is 0.143 e. The van der Waals surface area contributed by atoms with Gasteiger partial charge < -0.3 is 8.98 Å². The molecule has 1 unspecified atom stereocenters. The zero-order valence-electron chi connectivity index (χ0n) is 25.4. The molecule has 1 atom stereocenters. The lowest BCUT2D eigenvalue weighted by Crippen LogP contribution is -1.97. The molecule has 2 heterocycles. The number of benzene rings is 7. The van der Waals surface area contributed by atoms with E-state index in [1.807, 2.05) is 0 Å². The van der Waals surface area contributed by atoms with E-state index in [1.165, 1.54) is 55.2 Å². The quantitative estimate of drug-likeness (QED) is 0.182. The van der Waals surface area contributed by atoms with E-state index in [4.69, 9.17) is 4.42 Å². The molecule has 0 radical (unpaired) electrons. The number of hydrogen-bond donors (Lipinski definition) is 0. The van der Waals surface area contributed by atoms with Crippen molar-refractivity contribution in [1.82, 2.24) is 4.57 Å². The summed E-state index contributed by atoms with van der Waals surface area (Å²) in [5.41, 5.74) is 13.7. The highest BCUT2D eigenvalue weighted by Crippen LogP contribution is 2.39. The summed E-state index contributed by atoms with van der Waals surface area (Å²) < 4.78 is 8.91. The van der Waals surface area contributed by atoms with Gasteiger partial charge in [0.05, 0.1) is 11.0 Å². The molecule has 0 amide bonds. The number of furan rings is 1. The van der Waals surface area contributed by atoms with E-state index in [2.05, 4.69) is 172 Å². The first-order valence-corrected chi connectivity index (χ1v) is 16.2. The lowest BCUT2D eigenvalue weighted by atomic mass is 9.97. The van der Waals surface area contributed by atoms with Gasteiger partial charge in [0.15, 0.2) is 0 Å². The normalized spacial score (nSPS) is 11.7. The van der Waals surface area contributed by atoms with Gasteiger partial charge >= 0.3 is 0 Å². The summed E-state index contributed by atoms with van der Waals surface area (Å²) in [4.78, 5) is 0. The van der Waals surface area contributed by atoms with Crippen molar-refractivity contribution >= 4 is 58.3 Å². The zero-order chi connectivity index (χ0) is 30.8. The van der Waals surface area contributed by atoms with Crippen molar-refractivity contribution in [2.45, 2.75) is 6.92 Å². The molecule has 2 aromatic heterocycles. The van der Waals surface area contributed by atoms with E-state index in [0.717, 1.165) is 38.5 Å². The molecule has 0 aliphatic rings. The number of hydrogen-bond acceptors (Lipinski definition) is 1. The summed E-state index contributed by atoms with van der Waals surface area (Å²) in [6.45, 7) is 2.13. The Labute approximate surface area is 269 Å². The topological polar surface area (TPSA) is 18.1 Å². The summed E-state index contributed by atoms with van der Waals surface area (Å²) in [5, 5.41) is 5.91. The standard InChI is InChI=1S/C43H30NOP/c1-27-10-6-13-30(22-27)33-18-9-19-36-38-25-37(42(46)26-41(38)45-43(33)36)31-14-7-11-28(23-31)29-12-8-15-32(24-29)44-39-20-4-2-16-34(39)35-17-3-5-21-40(35)44/h2-26H,46H2,1H3. The predicted octanol–water partition coefficient (Wildman–Crippen LogP) is 11.5. The van der Waals surface area contributed by atoms with E-state index in [0.29, 0.717) is 0 Å². The van der Waals surface area contributed by atoms with Gasteiger partial charge in [0.25, 0.3) is 0 Å². The first kappa shape index (κ1) is 26.9. The predicted molar refractivity (Wildman–Crippen MR) is 198 cm³/mol. The molecule has 46 heavy (non-hydrogen) atoms. The fraction of sp³-hybridized carbons (Fsp3) is 0.0233. The Morgan fingerprint density at radius 2 is 1.09 bits per heavy atom. The highest BCUT2D eigenvalue weighted by Gasteiger charge is 2.16. The Balaban J connectivity index is 1.16. The SMILES string of the molecule is Cc1cccc(-c2cccc3c2oc2cc(P)c(-c4cccc(-c5cccc(-n6c7ccccc7c7ccccc76)c5)c4)cc23)c1. The monoisotopic (exact) mass is 607 g/mol. The molecular weight excluding hydrogens is 577 g/mol. The van der Waals surface area contributed by atoms with Crippen molar-refractivity contribution in [2.24, 2.45) is 0 Å². The molecule has 0 bridgehead atoms. The van der Waals surface area contributed by atoms with Gasteiger partial charge in [0, 0.05) is 32.8 Å². The van der Waals surface area contributed by atoms with Crippen LogP contribution in [-0.2, 0) is 0 Å². The highest BCUT2D eigenvalue weighted by molar-refractivity contribution is 7.28. The number of fused-ring (bicyclic) bond motifs is 6. The van der Waals surface area contributed by atoms with E-state index in [-0.39, 0.29) is 0 Å². The van der Waals surface area contributed by atoms with E-state index in [9.17, 15) is 0 Å². The van der Waals surface area contributed by atoms with Crippen molar-refractivity contribution in [2.75, 3.05) is 0 Å². The van der Waals surface area contributed by atoms with Crippen molar-refractivity contribution < 1.29 is 4.42 Å². The molecule has 3 heteroatoms. The molecule has 9 aromatic rings. The van der Waals surface area contributed by atoms with E-state index >= 15 is 0 Å². The maximum absolute atomic E-state index is 6.54. The summed E-state index contributed by atoms with van der Waals surface area (Å²) in [7, 11) is 2.94. The molecular formula is C43H30NOP. The molecule has 0 saturated heterocycles. The zero-order valence-corrected chi connectivity index (χ0v) is 26.5. The van der Waals surface area contributed by atoms with Gasteiger partial charge in [-0.2, -0.15) is 0 Å². The molecule has 2 nitrogen and oxygen atoms in total. The van der Waals surface area contributed by atoms with Gasteiger partial charge in [-0.1, -0.05) is 115 Å². The third-order valence-electron chi connectivity index (χ3n) is 9.19. The van der Waals surface area contributed by atoms with Crippen LogP contribution >= 0.6 is 9.24 Å². The van der Waals surface area contributed by atoms with Gasteiger partial charge in [0.2, 0.25) is 0 Å². The molecule has 0 aliphatic heterocycles. The maximum atomic E-state index is 6.54. The molecule has 0 saturated carbocycles. The first-order chi connectivity index (χ1) is 22.6. The van der Waals surface area contributed by atoms with Gasteiger partial charge in [-0.25, -0.2) is 0 Å². The van der Waals surface area contributed by atoms with Crippen LogP contribution in [0.1, 0.15) is 5.56 Å². The van der Waals surface area contributed by atoms with Crippen LogP contribution in [0.25, 0.3) is 82.8 Å². The second-order valence-corrected chi connectivity index (χ2v) is 12.7. The molecule has 9 rings (SSSR count). The van der Waals surface area contributed by atoms with Crippen LogP contribution in [0.2, 0.25) is 0 Å². The minimum absolute atomic E-state index is 0.902. The van der Waals surface area contributed by atoms with E-state index < -0.39 is 0 Å². The maximum Gasteiger partial charge on any atom is 0.143 e. The summed E-state index contributed by atoms with van der Waals surface area (Å²) in [6.07, 6.45) is 0. The number of rotatable bonds is 4. The van der Waals surface area contributed by atoms with Crippen molar-refractivity contribution in [3.05, 3.63) is 157 Å². The van der Waals surface area contributed by atoms with Gasteiger partial charge in [-0.05, 0) is 82.5 Å². The Kier molecular flexibility index (Phi) is 6.20. The third kappa shape index (κ3) is 4.30. The fourth-order valence-corrected chi connectivity index (χ4v) is 7.44. The fourth-order valence-electron chi connectivity index (χ4n) is 7.04. The van der Waals surface area contributed by atoms with Crippen molar-refractivity contribution in [3.63, 3.8) is 0 Å². The Morgan fingerprint density at radius 1 is 0.478 bits per heavy atom. The minimum Gasteiger partial charge on any atom is -0.455 e. The first-order valence-electron chi connectivity index (χ1n) is 15.6. The second kappa shape index (κ2) is 10.6. The average molecular weight is 608 g/mol. The molecule has 0 N–H and O–H groups in total. The minimum atomic E-state index is 0.902. The Hall–Kier alpha value is -5.43. The average Bonchev–Trinajstić information content (AvgIpc) is 3.63. The van der Waals surface area contributed by atoms with Crippen LogP contribution in [0.4, 0.5) is 0 Å². The summed E-state index contributed by atoms with van der Waals surface area (Å²) >= 11 is 0. The second-order valence-electron chi connectivity index (χ2n) is 12.1.